The van der Waals surface area contributed by atoms with Crippen LogP contribution in [0.1, 0.15) is 39.6 Å². The van der Waals surface area contributed by atoms with Gasteiger partial charge in [0.05, 0.1) is 0 Å². The van der Waals surface area contributed by atoms with E-state index in [4.69, 9.17) is 0 Å². The highest BCUT2D eigenvalue weighted by Crippen LogP contribution is 2.13. The third-order valence-electron chi connectivity index (χ3n) is 3.33. The summed E-state index contributed by atoms with van der Waals surface area (Å²) in [6.45, 7) is 4.56. The fraction of sp³-hybridized carbons (Fsp3) is 0.222. The number of amides is 2. The molecule has 4 nitrogen and oxygen atoms in total. The van der Waals surface area contributed by atoms with Crippen molar-refractivity contribution < 1.29 is 9.59 Å². The van der Waals surface area contributed by atoms with E-state index in [1.54, 1.807) is 30.3 Å². The Morgan fingerprint density at radius 1 is 0.955 bits per heavy atom. The predicted octanol–water partition coefficient (Wildman–Crippen LogP) is 3.39. The van der Waals surface area contributed by atoms with Gasteiger partial charge >= 0.3 is 0 Å². The maximum atomic E-state index is 12.2. The number of carbonyl (C=O) groups excluding carboxylic acids is 2. The summed E-state index contributed by atoms with van der Waals surface area (Å²) in [7, 11) is 0. The van der Waals surface area contributed by atoms with Crippen molar-refractivity contribution in [1.29, 1.82) is 0 Å². The second-order valence-corrected chi connectivity index (χ2v) is 5.10. The second kappa shape index (κ2) is 7.41. The smallest absolute Gasteiger partial charge is 0.255 e. The first-order valence-electron chi connectivity index (χ1n) is 7.37. The molecule has 0 aliphatic carbocycles. The molecule has 0 unspecified atom stereocenters. The van der Waals surface area contributed by atoms with E-state index in [9.17, 15) is 9.59 Å². The molecule has 0 saturated heterocycles. The monoisotopic (exact) mass is 296 g/mol. The van der Waals surface area contributed by atoms with Gasteiger partial charge < -0.3 is 10.6 Å². The lowest BCUT2D eigenvalue weighted by molar-refractivity contribution is 0.0953. The topological polar surface area (TPSA) is 58.2 Å². The van der Waals surface area contributed by atoms with Crippen molar-refractivity contribution >= 4 is 17.5 Å². The van der Waals surface area contributed by atoms with E-state index in [0.29, 0.717) is 23.4 Å². The van der Waals surface area contributed by atoms with Gasteiger partial charge in [-0.05, 0) is 49.2 Å². The summed E-state index contributed by atoms with van der Waals surface area (Å²) < 4.78 is 0. The number of benzene rings is 2. The highest BCUT2D eigenvalue weighted by molar-refractivity contribution is 6.05. The number of hydrogen-bond donors (Lipinski definition) is 2. The van der Waals surface area contributed by atoms with Crippen molar-refractivity contribution in [3.63, 3.8) is 0 Å². The lowest BCUT2D eigenvalue weighted by Crippen LogP contribution is -2.23. The molecule has 0 spiro atoms. The molecule has 0 radical (unpaired) electrons. The summed E-state index contributed by atoms with van der Waals surface area (Å²) >= 11 is 0. The van der Waals surface area contributed by atoms with Crippen molar-refractivity contribution in [3.8, 4) is 0 Å². The summed E-state index contributed by atoms with van der Waals surface area (Å²) in [5, 5.41) is 5.65. The van der Waals surface area contributed by atoms with Gasteiger partial charge in [-0.3, -0.25) is 9.59 Å². The van der Waals surface area contributed by atoms with Crippen LogP contribution in [0.25, 0.3) is 0 Å². The van der Waals surface area contributed by atoms with Gasteiger partial charge in [0.25, 0.3) is 11.8 Å². The van der Waals surface area contributed by atoms with Gasteiger partial charge in [0, 0.05) is 23.4 Å². The van der Waals surface area contributed by atoms with Crippen molar-refractivity contribution in [2.24, 2.45) is 0 Å². The van der Waals surface area contributed by atoms with Crippen LogP contribution in [0.4, 0.5) is 5.69 Å². The van der Waals surface area contributed by atoms with Gasteiger partial charge in [-0.1, -0.05) is 25.1 Å². The second-order valence-electron chi connectivity index (χ2n) is 5.10. The molecule has 2 aromatic carbocycles. The van der Waals surface area contributed by atoms with Crippen molar-refractivity contribution in [3.05, 3.63) is 65.2 Å². The highest BCUT2D eigenvalue weighted by atomic mass is 16.2. The molecule has 0 aromatic heterocycles. The molecule has 0 atom stereocenters. The molecule has 0 fully saturated rings. The molecular formula is C18H20N2O2. The van der Waals surface area contributed by atoms with Gasteiger partial charge in [0.15, 0.2) is 0 Å². The normalized spacial score (nSPS) is 10.1. The minimum absolute atomic E-state index is 0.0985. The molecule has 2 N–H and O–H groups in total. The van der Waals surface area contributed by atoms with Crippen molar-refractivity contribution in [2.75, 3.05) is 11.9 Å². The summed E-state index contributed by atoms with van der Waals surface area (Å²) in [5.41, 5.74) is 2.82. The molecule has 4 heteroatoms. The van der Waals surface area contributed by atoms with E-state index >= 15 is 0 Å². The van der Waals surface area contributed by atoms with Gasteiger partial charge in [0.1, 0.15) is 0 Å². The largest absolute Gasteiger partial charge is 0.352 e. The number of nitrogens with one attached hydrogen (secondary N) is 2. The van der Waals surface area contributed by atoms with Crippen LogP contribution in [0.15, 0.2) is 48.5 Å². The molecular weight excluding hydrogens is 276 g/mol. The quantitative estimate of drug-likeness (QED) is 0.888. The van der Waals surface area contributed by atoms with E-state index in [1.165, 1.54) is 0 Å². The number of hydrogen-bond acceptors (Lipinski definition) is 2. The summed E-state index contributed by atoms with van der Waals surface area (Å²) in [4.78, 5) is 24.0. The Morgan fingerprint density at radius 2 is 1.64 bits per heavy atom. The third-order valence-corrected chi connectivity index (χ3v) is 3.33. The molecule has 2 aromatic rings. The fourth-order valence-electron chi connectivity index (χ4n) is 2.07. The molecule has 22 heavy (non-hydrogen) atoms. The zero-order chi connectivity index (χ0) is 15.9. The van der Waals surface area contributed by atoms with Crippen molar-refractivity contribution in [1.82, 2.24) is 5.32 Å². The molecule has 0 aliphatic heterocycles. The zero-order valence-corrected chi connectivity index (χ0v) is 12.8. The first kappa shape index (κ1) is 15.8. The molecule has 0 heterocycles. The van der Waals surface area contributed by atoms with Crippen LogP contribution >= 0.6 is 0 Å². The van der Waals surface area contributed by atoms with E-state index in [2.05, 4.69) is 10.6 Å². The number of aryl methyl sites for hydroxylation is 1. The fourth-order valence-corrected chi connectivity index (χ4v) is 2.07. The maximum Gasteiger partial charge on any atom is 0.255 e. The van der Waals surface area contributed by atoms with Gasteiger partial charge in [0.2, 0.25) is 0 Å². The van der Waals surface area contributed by atoms with Gasteiger partial charge in [-0.25, -0.2) is 0 Å². The average Bonchev–Trinajstić information content (AvgIpc) is 2.53. The lowest BCUT2D eigenvalue weighted by atomic mass is 10.1. The number of rotatable bonds is 5. The Bertz CT molecular complexity index is 663. The minimum atomic E-state index is -0.152. The molecule has 2 rings (SSSR count). The van der Waals surface area contributed by atoms with Crippen LogP contribution in [0.5, 0.6) is 0 Å². The first-order valence-corrected chi connectivity index (χ1v) is 7.37. The van der Waals surface area contributed by atoms with E-state index in [1.807, 2.05) is 32.0 Å². The van der Waals surface area contributed by atoms with E-state index in [0.717, 1.165) is 12.0 Å². The minimum Gasteiger partial charge on any atom is -0.352 e. The van der Waals surface area contributed by atoms with Crippen LogP contribution in [0.3, 0.4) is 0 Å². The highest BCUT2D eigenvalue weighted by Gasteiger charge is 2.09. The van der Waals surface area contributed by atoms with E-state index in [-0.39, 0.29) is 11.8 Å². The maximum absolute atomic E-state index is 12.2. The zero-order valence-electron chi connectivity index (χ0n) is 12.8. The van der Waals surface area contributed by atoms with Gasteiger partial charge in [-0.2, -0.15) is 0 Å². The van der Waals surface area contributed by atoms with Crippen LogP contribution in [-0.2, 0) is 0 Å². The third kappa shape index (κ3) is 3.95. The van der Waals surface area contributed by atoms with Crippen LogP contribution in [0.2, 0.25) is 0 Å². The van der Waals surface area contributed by atoms with Gasteiger partial charge in [-0.15, -0.1) is 0 Å². The molecule has 0 bridgehead atoms. The summed E-state index contributed by atoms with van der Waals surface area (Å²) in [6, 6.07) is 14.3. The SMILES string of the molecule is CCCNC(=O)c1ccc(NC(=O)c2ccccc2C)cc1. The Kier molecular flexibility index (Phi) is 5.31. The molecule has 114 valence electrons. The standard InChI is InChI=1S/C18H20N2O2/c1-3-12-19-17(21)14-8-10-15(11-9-14)20-18(22)16-7-5-4-6-13(16)2/h4-11H,3,12H2,1-2H3,(H,19,21)(H,20,22). The molecule has 0 saturated carbocycles. The Balaban J connectivity index is 2.04. The van der Waals surface area contributed by atoms with Crippen LogP contribution in [-0.4, -0.2) is 18.4 Å². The molecule has 0 aliphatic rings. The average molecular weight is 296 g/mol. The molecule has 2 amide bonds. The number of carbonyl (C=O) groups is 2. The lowest BCUT2D eigenvalue weighted by Gasteiger charge is -2.08. The Hall–Kier alpha value is -2.62. The summed E-state index contributed by atoms with van der Waals surface area (Å²) in [6.07, 6.45) is 0.899. The first-order chi connectivity index (χ1) is 10.6. The Morgan fingerprint density at radius 3 is 2.27 bits per heavy atom. The van der Waals surface area contributed by atoms with Crippen LogP contribution < -0.4 is 10.6 Å². The van der Waals surface area contributed by atoms with Crippen molar-refractivity contribution in [2.45, 2.75) is 20.3 Å². The van der Waals surface area contributed by atoms with Crippen LogP contribution in [0, 0.1) is 6.92 Å². The number of anilines is 1. The Labute approximate surface area is 130 Å². The van der Waals surface area contributed by atoms with E-state index < -0.39 is 0 Å². The predicted molar refractivity (Wildman–Crippen MR) is 88.2 cm³/mol. The summed E-state index contributed by atoms with van der Waals surface area (Å²) in [5.74, 6) is -0.250.